The van der Waals surface area contributed by atoms with E-state index in [4.69, 9.17) is 0 Å². The van der Waals surface area contributed by atoms with Gasteiger partial charge in [-0.1, -0.05) is 17.8 Å². The number of tetrazole rings is 1. The van der Waals surface area contributed by atoms with Crippen LogP contribution in [-0.4, -0.2) is 59.0 Å². The Labute approximate surface area is 134 Å². The second kappa shape index (κ2) is 6.13. The summed E-state index contributed by atoms with van der Waals surface area (Å²) in [6.45, 7) is 4.12. The van der Waals surface area contributed by atoms with Gasteiger partial charge in [-0.05, 0) is 16.0 Å². The smallest absolute Gasteiger partial charge is 0.352 e. The maximum Gasteiger partial charge on any atom is 0.352 e. The van der Waals surface area contributed by atoms with E-state index < -0.39 is 5.97 Å². The van der Waals surface area contributed by atoms with Crippen LogP contribution in [0.5, 0.6) is 0 Å². The molecule has 0 aliphatic carbocycles. The van der Waals surface area contributed by atoms with E-state index in [9.17, 15) is 14.7 Å². The monoisotopic (exact) mass is 339 g/mol. The van der Waals surface area contributed by atoms with Crippen LogP contribution in [0.2, 0.25) is 0 Å². The Hall–Kier alpha value is -1.81. The van der Waals surface area contributed by atoms with Crippen LogP contribution in [0.25, 0.3) is 0 Å². The zero-order chi connectivity index (χ0) is 15.7. The molecule has 10 heteroatoms. The zero-order valence-electron chi connectivity index (χ0n) is 11.5. The SMILES string of the molecule is C=CCn1nnnc1SCC1=C(C(=O)O)N2C(=O)CC2SC1. The number of nitrogens with zero attached hydrogens (tertiary/aromatic N) is 5. The van der Waals surface area contributed by atoms with Gasteiger partial charge < -0.3 is 5.11 Å². The molecule has 22 heavy (non-hydrogen) atoms. The number of allylic oxidation sites excluding steroid dienone is 1. The molecule has 2 aliphatic heterocycles. The van der Waals surface area contributed by atoms with Crippen LogP contribution < -0.4 is 0 Å². The first kappa shape index (κ1) is 15.1. The highest BCUT2D eigenvalue weighted by Crippen LogP contribution is 2.40. The lowest BCUT2D eigenvalue weighted by atomic mass is 10.1. The highest BCUT2D eigenvalue weighted by molar-refractivity contribution is 8.00. The molecule has 1 aromatic heterocycles. The number of β-lactam (4-membered cyclic amide) rings is 1. The van der Waals surface area contributed by atoms with Crippen molar-refractivity contribution in [2.24, 2.45) is 0 Å². The molecule has 0 radical (unpaired) electrons. The maximum absolute atomic E-state index is 11.7. The third-order valence-corrected chi connectivity index (χ3v) is 5.63. The van der Waals surface area contributed by atoms with Gasteiger partial charge in [-0.15, -0.1) is 23.4 Å². The molecule has 2 aliphatic rings. The number of carboxylic acid groups (broad SMARTS) is 1. The molecular formula is C12H13N5O3S2. The molecule has 1 amide bonds. The van der Waals surface area contributed by atoms with Crippen molar-refractivity contribution in [1.82, 2.24) is 25.1 Å². The molecule has 1 N–H and O–H groups in total. The fourth-order valence-electron chi connectivity index (χ4n) is 2.28. The first-order chi connectivity index (χ1) is 10.6. The van der Waals surface area contributed by atoms with Crippen LogP contribution in [0, 0.1) is 0 Å². The van der Waals surface area contributed by atoms with Crippen molar-refractivity contribution < 1.29 is 14.7 Å². The van der Waals surface area contributed by atoms with Crippen LogP contribution >= 0.6 is 23.5 Å². The van der Waals surface area contributed by atoms with E-state index in [0.717, 1.165) is 5.57 Å². The Balaban J connectivity index is 1.78. The second-order valence-electron chi connectivity index (χ2n) is 4.71. The van der Waals surface area contributed by atoms with Gasteiger partial charge in [0.1, 0.15) is 5.70 Å². The van der Waals surface area contributed by atoms with E-state index in [2.05, 4.69) is 22.1 Å². The number of aromatic nitrogens is 4. The van der Waals surface area contributed by atoms with Gasteiger partial charge in [0.25, 0.3) is 0 Å². The fourth-order valence-corrected chi connectivity index (χ4v) is 4.57. The lowest BCUT2D eigenvalue weighted by Crippen LogP contribution is -2.54. The summed E-state index contributed by atoms with van der Waals surface area (Å²) in [5.41, 5.74) is 0.843. The van der Waals surface area contributed by atoms with E-state index in [-0.39, 0.29) is 17.0 Å². The largest absolute Gasteiger partial charge is 0.477 e. The van der Waals surface area contributed by atoms with Crippen molar-refractivity contribution in [3.63, 3.8) is 0 Å². The highest BCUT2D eigenvalue weighted by atomic mass is 32.2. The molecule has 3 rings (SSSR count). The number of hydrogen-bond acceptors (Lipinski definition) is 7. The molecule has 1 aromatic rings. The van der Waals surface area contributed by atoms with Crippen molar-refractivity contribution in [2.45, 2.75) is 23.5 Å². The van der Waals surface area contributed by atoms with Crippen molar-refractivity contribution >= 4 is 35.4 Å². The molecule has 0 bridgehead atoms. The minimum atomic E-state index is -1.06. The predicted octanol–water partition coefficient (Wildman–Crippen LogP) is 0.595. The Bertz CT molecular complexity index is 671. The average Bonchev–Trinajstić information content (AvgIpc) is 2.91. The highest BCUT2D eigenvalue weighted by Gasteiger charge is 2.45. The maximum atomic E-state index is 11.7. The molecule has 0 saturated carbocycles. The Kier molecular flexibility index (Phi) is 4.21. The van der Waals surface area contributed by atoms with Crippen LogP contribution in [0.4, 0.5) is 0 Å². The molecule has 1 unspecified atom stereocenters. The van der Waals surface area contributed by atoms with Crippen molar-refractivity contribution in [1.29, 1.82) is 0 Å². The average molecular weight is 339 g/mol. The topological polar surface area (TPSA) is 101 Å². The molecule has 0 aromatic carbocycles. The van der Waals surface area contributed by atoms with Crippen molar-refractivity contribution in [3.05, 3.63) is 23.9 Å². The summed E-state index contributed by atoms with van der Waals surface area (Å²) >= 11 is 2.95. The molecular weight excluding hydrogens is 326 g/mol. The van der Waals surface area contributed by atoms with Crippen molar-refractivity contribution in [2.75, 3.05) is 11.5 Å². The Morgan fingerprint density at radius 2 is 2.41 bits per heavy atom. The van der Waals surface area contributed by atoms with Gasteiger partial charge >= 0.3 is 5.97 Å². The normalized spacial score (nSPS) is 20.6. The van der Waals surface area contributed by atoms with Gasteiger partial charge in [-0.3, -0.25) is 9.69 Å². The standard InChI is InChI=1S/C12H13N5O3S2/c1-2-3-16-12(13-14-15-16)22-6-7-5-21-9-4-8(18)17(9)10(7)11(19)20/h2,9H,1,3-6H2,(H,19,20). The molecule has 0 spiro atoms. The minimum absolute atomic E-state index is 0.0292. The van der Waals surface area contributed by atoms with E-state index >= 15 is 0 Å². The number of hydrogen-bond donors (Lipinski definition) is 1. The zero-order valence-corrected chi connectivity index (χ0v) is 13.1. The summed E-state index contributed by atoms with van der Waals surface area (Å²) in [6, 6.07) is 0. The lowest BCUT2D eigenvalue weighted by Gasteiger charge is -2.43. The van der Waals surface area contributed by atoms with Gasteiger partial charge in [0.05, 0.1) is 18.3 Å². The predicted molar refractivity (Wildman–Crippen MR) is 81.1 cm³/mol. The molecule has 1 saturated heterocycles. The van der Waals surface area contributed by atoms with Crippen molar-refractivity contribution in [3.8, 4) is 0 Å². The van der Waals surface area contributed by atoms with Gasteiger partial charge in [0.2, 0.25) is 11.1 Å². The summed E-state index contributed by atoms with van der Waals surface area (Å²) < 4.78 is 1.59. The molecule has 1 atom stereocenters. The number of thioether (sulfide) groups is 2. The van der Waals surface area contributed by atoms with Crippen LogP contribution in [0.3, 0.4) is 0 Å². The van der Waals surface area contributed by atoms with Gasteiger partial charge in [-0.2, -0.15) is 0 Å². The van der Waals surface area contributed by atoms with Gasteiger partial charge in [0.15, 0.2) is 0 Å². The number of rotatable bonds is 6. The fraction of sp³-hybridized carbons (Fsp3) is 0.417. The summed E-state index contributed by atoms with van der Waals surface area (Å²) in [4.78, 5) is 24.5. The number of carbonyl (C=O) groups is 2. The number of amides is 1. The molecule has 116 valence electrons. The van der Waals surface area contributed by atoms with E-state index in [1.807, 2.05) is 0 Å². The summed E-state index contributed by atoms with van der Waals surface area (Å²) in [6.07, 6.45) is 2.10. The molecule has 3 heterocycles. The number of aliphatic carboxylic acids is 1. The lowest BCUT2D eigenvalue weighted by molar-refractivity contribution is -0.146. The number of fused-ring (bicyclic) bond motifs is 1. The van der Waals surface area contributed by atoms with Crippen LogP contribution in [-0.2, 0) is 16.1 Å². The molecule has 8 nitrogen and oxygen atoms in total. The summed E-state index contributed by atoms with van der Waals surface area (Å²) in [5.74, 6) is -0.150. The third kappa shape index (κ3) is 2.63. The second-order valence-corrected chi connectivity index (χ2v) is 6.82. The quantitative estimate of drug-likeness (QED) is 0.457. The first-order valence-electron chi connectivity index (χ1n) is 6.50. The Morgan fingerprint density at radius 3 is 3.09 bits per heavy atom. The van der Waals surface area contributed by atoms with E-state index in [0.29, 0.717) is 29.6 Å². The van der Waals surface area contributed by atoms with Gasteiger partial charge in [-0.25, -0.2) is 9.48 Å². The summed E-state index contributed by atoms with van der Waals surface area (Å²) in [7, 11) is 0. The van der Waals surface area contributed by atoms with Crippen LogP contribution in [0.1, 0.15) is 6.42 Å². The van der Waals surface area contributed by atoms with Gasteiger partial charge in [0, 0.05) is 11.5 Å². The van der Waals surface area contributed by atoms with Crippen LogP contribution in [0.15, 0.2) is 29.1 Å². The first-order valence-corrected chi connectivity index (χ1v) is 8.54. The molecule has 1 fully saturated rings. The van der Waals surface area contributed by atoms with E-state index in [1.54, 1.807) is 22.5 Å². The summed E-state index contributed by atoms with van der Waals surface area (Å²) in [5, 5.41) is 21.3. The Morgan fingerprint density at radius 1 is 1.59 bits per heavy atom. The number of carboxylic acids is 1. The van der Waals surface area contributed by atoms with E-state index in [1.165, 1.54) is 16.7 Å². The number of carbonyl (C=O) groups excluding carboxylic acids is 1. The minimum Gasteiger partial charge on any atom is -0.477 e. The third-order valence-electron chi connectivity index (χ3n) is 3.31.